The zero-order valence-electron chi connectivity index (χ0n) is 21.1. The third-order valence-electron chi connectivity index (χ3n) is 5.58. The van der Waals surface area contributed by atoms with E-state index in [1.165, 1.54) is 11.1 Å². The van der Waals surface area contributed by atoms with Crippen molar-refractivity contribution in [3.8, 4) is 17.6 Å². The van der Waals surface area contributed by atoms with Crippen molar-refractivity contribution in [3.63, 3.8) is 0 Å². The van der Waals surface area contributed by atoms with E-state index in [0.717, 1.165) is 0 Å². The van der Waals surface area contributed by atoms with Crippen molar-refractivity contribution in [2.45, 2.75) is 38.6 Å². The second-order valence-electron chi connectivity index (χ2n) is 9.47. The number of carbonyl (C=O) groups excluding carboxylic acids is 2. The highest BCUT2D eigenvalue weighted by atomic mass is 16.6. The fourth-order valence-electron chi connectivity index (χ4n) is 3.81. The van der Waals surface area contributed by atoms with Gasteiger partial charge in [0.05, 0.1) is 12.7 Å². The molecule has 0 saturated carbocycles. The summed E-state index contributed by atoms with van der Waals surface area (Å²) in [5, 5.41) is 9.23. The minimum Gasteiger partial charge on any atom is -0.497 e. The molecule has 2 amide bonds. The number of nitriles is 1. The number of pyridine rings is 1. The first-order valence-corrected chi connectivity index (χ1v) is 11.7. The van der Waals surface area contributed by atoms with Crippen molar-refractivity contribution in [1.82, 2.24) is 14.8 Å². The van der Waals surface area contributed by atoms with Crippen LogP contribution in [-0.4, -0.2) is 77.3 Å². The number of methoxy groups -OCH3 is 1. The van der Waals surface area contributed by atoms with Gasteiger partial charge in [-0.15, -0.1) is 0 Å². The molecule has 37 heavy (non-hydrogen) atoms. The van der Waals surface area contributed by atoms with E-state index in [9.17, 15) is 14.9 Å². The second kappa shape index (κ2) is 10.7. The Kier molecular flexibility index (Phi) is 7.38. The first kappa shape index (κ1) is 25.6. The van der Waals surface area contributed by atoms with E-state index < -0.39 is 23.9 Å². The number of ether oxygens (including phenoxy) is 3. The number of carbonyl (C=O) groups is 2. The molecule has 1 saturated heterocycles. The summed E-state index contributed by atoms with van der Waals surface area (Å²) in [4.78, 5) is 41.9. The van der Waals surface area contributed by atoms with E-state index in [1.54, 1.807) is 75.5 Å². The first-order chi connectivity index (χ1) is 17.7. The number of aliphatic imine (C=N–C) groups is 2. The van der Waals surface area contributed by atoms with Crippen molar-refractivity contribution >= 4 is 24.1 Å². The molecule has 11 heteroatoms. The standard InChI is InChI=1S/C26H28N6O5/c1-26(2,3)37-25(34)31-9-10-32(22(33)16-31)21-15-29-23(18-11-17(12-27)13-28-14-18)30-24(21)36-20-7-5-19(35-4)6-8-20/h5-8,11,13-15,21,23H,9-10,16H2,1-4H3. The van der Waals surface area contributed by atoms with Crippen LogP contribution < -0.4 is 9.47 Å². The Labute approximate surface area is 215 Å². The molecule has 2 aliphatic heterocycles. The summed E-state index contributed by atoms with van der Waals surface area (Å²) in [5.74, 6) is 1.14. The molecule has 0 aliphatic carbocycles. The molecule has 1 fully saturated rings. The van der Waals surface area contributed by atoms with Gasteiger partial charge in [-0.05, 0) is 51.1 Å². The van der Waals surface area contributed by atoms with Crippen LogP contribution in [0.4, 0.5) is 4.79 Å². The normalized spacial score (nSPS) is 19.6. The van der Waals surface area contributed by atoms with Gasteiger partial charge < -0.3 is 19.1 Å². The lowest BCUT2D eigenvalue weighted by molar-refractivity contribution is -0.136. The number of hydrogen-bond acceptors (Lipinski definition) is 9. The Hall–Kier alpha value is -4.46. The molecule has 0 N–H and O–H groups in total. The highest BCUT2D eigenvalue weighted by Crippen LogP contribution is 2.26. The van der Waals surface area contributed by atoms with Gasteiger partial charge in [-0.2, -0.15) is 5.26 Å². The molecule has 2 aliphatic rings. The minimum atomic E-state index is -0.691. The van der Waals surface area contributed by atoms with E-state index in [1.807, 2.05) is 0 Å². The van der Waals surface area contributed by atoms with Crippen LogP contribution in [0.15, 0.2) is 52.7 Å². The predicted molar refractivity (Wildman–Crippen MR) is 135 cm³/mol. The summed E-state index contributed by atoms with van der Waals surface area (Å²) in [7, 11) is 1.57. The van der Waals surface area contributed by atoms with Crippen LogP contribution in [0.5, 0.6) is 11.5 Å². The second-order valence-corrected chi connectivity index (χ2v) is 9.47. The molecule has 0 bridgehead atoms. The highest BCUT2D eigenvalue weighted by Gasteiger charge is 2.37. The van der Waals surface area contributed by atoms with Crippen LogP contribution in [0.25, 0.3) is 0 Å². The Bertz CT molecular complexity index is 1260. The molecule has 11 nitrogen and oxygen atoms in total. The number of nitrogens with zero attached hydrogens (tertiary/aromatic N) is 6. The highest BCUT2D eigenvalue weighted by molar-refractivity contribution is 6.03. The average Bonchev–Trinajstić information content (AvgIpc) is 2.88. The lowest BCUT2D eigenvalue weighted by atomic mass is 10.1. The predicted octanol–water partition coefficient (Wildman–Crippen LogP) is 2.97. The van der Waals surface area contributed by atoms with Gasteiger partial charge in [-0.25, -0.2) is 9.79 Å². The van der Waals surface area contributed by atoms with Gasteiger partial charge in [0.1, 0.15) is 35.8 Å². The van der Waals surface area contributed by atoms with E-state index in [4.69, 9.17) is 14.2 Å². The van der Waals surface area contributed by atoms with Crippen molar-refractivity contribution in [3.05, 3.63) is 53.9 Å². The fourth-order valence-corrected chi connectivity index (χ4v) is 3.81. The molecule has 3 heterocycles. The third kappa shape index (κ3) is 6.22. The Morgan fingerprint density at radius 2 is 1.86 bits per heavy atom. The molecule has 1 aromatic heterocycles. The van der Waals surface area contributed by atoms with Crippen molar-refractivity contribution in [2.24, 2.45) is 9.98 Å². The smallest absolute Gasteiger partial charge is 0.410 e. The van der Waals surface area contributed by atoms with Crippen LogP contribution in [0.2, 0.25) is 0 Å². The molecule has 0 radical (unpaired) electrons. The molecule has 2 unspecified atom stereocenters. The van der Waals surface area contributed by atoms with Gasteiger partial charge in [0.2, 0.25) is 11.8 Å². The number of piperazine rings is 1. The summed E-state index contributed by atoms with van der Waals surface area (Å²) in [6.07, 6.45) is 3.42. The van der Waals surface area contributed by atoms with Gasteiger partial charge in [-0.1, -0.05) is 0 Å². The SMILES string of the molecule is COc1ccc(OC2=NC(c3cncc(C#N)c3)N=CC2N2CCN(C(=O)OC(C)(C)C)CC2=O)cc1. The number of amides is 2. The number of hydrogen-bond donors (Lipinski definition) is 0. The van der Waals surface area contributed by atoms with Crippen LogP contribution in [0, 0.1) is 11.3 Å². The molecular weight excluding hydrogens is 476 g/mol. The fraction of sp³-hybridized carbons (Fsp3) is 0.385. The van der Waals surface area contributed by atoms with Crippen molar-refractivity contribution in [1.29, 1.82) is 5.26 Å². The van der Waals surface area contributed by atoms with E-state index >= 15 is 0 Å². The Morgan fingerprint density at radius 3 is 2.51 bits per heavy atom. The third-order valence-corrected chi connectivity index (χ3v) is 5.58. The first-order valence-electron chi connectivity index (χ1n) is 11.7. The van der Waals surface area contributed by atoms with Crippen molar-refractivity contribution < 1.29 is 23.8 Å². The molecule has 2 atom stereocenters. The Balaban J connectivity index is 1.58. The maximum absolute atomic E-state index is 13.1. The summed E-state index contributed by atoms with van der Waals surface area (Å²) in [5.41, 5.74) is 0.341. The molecule has 4 rings (SSSR count). The topological polar surface area (TPSA) is 130 Å². The zero-order chi connectivity index (χ0) is 26.6. The summed E-state index contributed by atoms with van der Waals surface area (Å²) < 4.78 is 16.8. The molecular formula is C26H28N6O5. The monoisotopic (exact) mass is 504 g/mol. The minimum absolute atomic E-state index is 0.132. The van der Waals surface area contributed by atoms with Gasteiger partial charge in [0, 0.05) is 37.3 Å². The summed E-state index contributed by atoms with van der Waals surface area (Å²) in [6.45, 7) is 5.73. The largest absolute Gasteiger partial charge is 0.497 e. The van der Waals surface area contributed by atoms with E-state index in [0.29, 0.717) is 29.2 Å². The number of aromatic nitrogens is 1. The molecule has 2 aromatic rings. The lowest BCUT2D eigenvalue weighted by Gasteiger charge is -2.39. The van der Waals surface area contributed by atoms with Gasteiger partial charge in [0.25, 0.3) is 0 Å². The quantitative estimate of drug-likeness (QED) is 0.626. The molecule has 1 aromatic carbocycles. The van der Waals surface area contributed by atoms with Crippen LogP contribution in [0.3, 0.4) is 0 Å². The van der Waals surface area contributed by atoms with E-state index in [-0.39, 0.29) is 24.9 Å². The number of rotatable bonds is 4. The maximum Gasteiger partial charge on any atom is 0.410 e. The summed E-state index contributed by atoms with van der Waals surface area (Å²) >= 11 is 0. The van der Waals surface area contributed by atoms with Gasteiger partial charge >= 0.3 is 6.09 Å². The van der Waals surface area contributed by atoms with Gasteiger partial charge in [0.15, 0.2) is 6.17 Å². The van der Waals surface area contributed by atoms with Gasteiger partial charge in [-0.3, -0.25) is 19.7 Å². The average molecular weight is 505 g/mol. The van der Waals surface area contributed by atoms with Crippen LogP contribution in [-0.2, 0) is 9.53 Å². The lowest BCUT2D eigenvalue weighted by Crippen LogP contribution is -2.59. The Morgan fingerprint density at radius 1 is 1.14 bits per heavy atom. The summed E-state index contributed by atoms with van der Waals surface area (Å²) in [6, 6.07) is 10.0. The van der Waals surface area contributed by atoms with Crippen LogP contribution >= 0.6 is 0 Å². The molecule has 192 valence electrons. The zero-order valence-corrected chi connectivity index (χ0v) is 21.1. The van der Waals surface area contributed by atoms with Crippen molar-refractivity contribution in [2.75, 3.05) is 26.7 Å². The molecule has 0 spiro atoms. The van der Waals surface area contributed by atoms with E-state index in [2.05, 4.69) is 21.0 Å². The van der Waals surface area contributed by atoms with Crippen LogP contribution in [0.1, 0.15) is 38.1 Å². The number of benzene rings is 1. The maximum atomic E-state index is 13.1.